The fourth-order valence-electron chi connectivity index (χ4n) is 2.80. The molecule has 2 rings (SSSR count). The van der Waals surface area contributed by atoms with Crippen molar-refractivity contribution in [2.45, 2.75) is 43.0 Å². The molecular formula is C14H20ClF3N2O3S. The minimum absolute atomic E-state index is 0. The smallest absolute Gasteiger partial charge is 0.406 e. The quantitative estimate of drug-likeness (QED) is 0.785. The minimum Gasteiger partial charge on any atom is -0.406 e. The van der Waals surface area contributed by atoms with Gasteiger partial charge in [0.05, 0.1) is 4.90 Å². The van der Waals surface area contributed by atoms with Gasteiger partial charge in [0, 0.05) is 18.7 Å². The van der Waals surface area contributed by atoms with E-state index in [0.29, 0.717) is 0 Å². The third kappa shape index (κ3) is 5.80. The maximum absolute atomic E-state index is 12.4. The van der Waals surface area contributed by atoms with Crippen molar-refractivity contribution in [1.29, 1.82) is 0 Å². The van der Waals surface area contributed by atoms with Crippen LogP contribution in [0.25, 0.3) is 0 Å². The first-order valence-electron chi connectivity index (χ1n) is 7.29. The van der Waals surface area contributed by atoms with Crippen LogP contribution in [-0.4, -0.2) is 27.4 Å². The minimum atomic E-state index is -4.88. The Bertz CT molecular complexity index is 634. The van der Waals surface area contributed by atoms with Gasteiger partial charge in [0.25, 0.3) is 0 Å². The zero-order chi connectivity index (χ0) is 17.1. The van der Waals surface area contributed by atoms with Crippen molar-refractivity contribution >= 4 is 22.4 Å². The molecule has 1 aromatic rings. The van der Waals surface area contributed by atoms with Gasteiger partial charge in [0.15, 0.2) is 0 Å². The molecule has 24 heavy (non-hydrogen) atoms. The van der Waals surface area contributed by atoms with Crippen LogP contribution in [0.4, 0.5) is 13.2 Å². The first kappa shape index (κ1) is 21.0. The number of ether oxygens (including phenoxy) is 1. The number of nitrogens with one attached hydrogen (secondary N) is 1. The van der Waals surface area contributed by atoms with Crippen molar-refractivity contribution in [1.82, 2.24) is 4.72 Å². The van der Waals surface area contributed by atoms with E-state index in [-0.39, 0.29) is 29.8 Å². The molecule has 0 aliphatic heterocycles. The highest BCUT2D eigenvalue weighted by atomic mass is 35.5. The molecule has 1 atom stereocenters. The Morgan fingerprint density at radius 1 is 1.29 bits per heavy atom. The lowest BCUT2D eigenvalue weighted by Crippen LogP contribution is -2.44. The number of rotatable bonds is 6. The van der Waals surface area contributed by atoms with Gasteiger partial charge in [-0.25, -0.2) is 13.1 Å². The fraction of sp³-hybridized carbons (Fsp3) is 0.571. The molecule has 10 heteroatoms. The maximum Gasteiger partial charge on any atom is 0.573 e. The number of hydrogen-bond donors (Lipinski definition) is 2. The van der Waals surface area contributed by atoms with Crippen molar-refractivity contribution in [2.75, 3.05) is 6.54 Å². The van der Waals surface area contributed by atoms with Crippen LogP contribution in [0.2, 0.25) is 0 Å². The van der Waals surface area contributed by atoms with Crippen LogP contribution in [-0.2, 0) is 10.0 Å². The maximum atomic E-state index is 12.4. The molecule has 1 unspecified atom stereocenters. The molecule has 0 spiro atoms. The topological polar surface area (TPSA) is 81.4 Å². The Kier molecular flexibility index (Phi) is 7.33. The fourth-order valence-corrected chi connectivity index (χ4v) is 4.15. The van der Waals surface area contributed by atoms with Gasteiger partial charge in [-0.3, -0.25) is 0 Å². The average molecular weight is 389 g/mol. The Balaban J connectivity index is 0.00000288. The van der Waals surface area contributed by atoms with Gasteiger partial charge in [-0.15, -0.1) is 25.6 Å². The molecule has 1 aliphatic carbocycles. The highest BCUT2D eigenvalue weighted by Gasteiger charge is 2.32. The van der Waals surface area contributed by atoms with Gasteiger partial charge in [-0.05, 0) is 30.9 Å². The molecule has 1 aromatic carbocycles. The summed E-state index contributed by atoms with van der Waals surface area (Å²) in [7, 11) is -3.96. The Morgan fingerprint density at radius 2 is 1.92 bits per heavy atom. The Labute approximate surface area is 145 Å². The predicted octanol–water partition coefficient (Wildman–Crippen LogP) is 2.80. The number of hydrogen-bond acceptors (Lipinski definition) is 4. The van der Waals surface area contributed by atoms with E-state index in [9.17, 15) is 21.6 Å². The van der Waals surface area contributed by atoms with Crippen LogP contribution in [0, 0.1) is 5.92 Å². The predicted molar refractivity (Wildman–Crippen MR) is 85.5 cm³/mol. The standard InChI is InChI=1S/C14H19F3N2O3S.ClH/c15-14(16,17)22-11-6-3-7-12(8-11)23(20,21)19-13(9-18)10-4-1-2-5-10;/h3,6-8,10,13,19H,1-2,4-5,9,18H2;1H. The first-order valence-corrected chi connectivity index (χ1v) is 8.78. The molecule has 0 radical (unpaired) electrons. The average Bonchev–Trinajstić information content (AvgIpc) is 2.97. The third-order valence-corrected chi connectivity index (χ3v) is 5.37. The summed E-state index contributed by atoms with van der Waals surface area (Å²) in [5, 5.41) is 0. The lowest BCUT2D eigenvalue weighted by atomic mass is 9.99. The summed E-state index contributed by atoms with van der Waals surface area (Å²) in [6, 6.07) is 3.88. The van der Waals surface area contributed by atoms with Crippen molar-refractivity contribution < 1.29 is 26.3 Å². The van der Waals surface area contributed by atoms with Crippen LogP contribution >= 0.6 is 12.4 Å². The van der Waals surface area contributed by atoms with Gasteiger partial charge in [-0.2, -0.15) is 0 Å². The van der Waals surface area contributed by atoms with E-state index in [1.807, 2.05) is 0 Å². The van der Waals surface area contributed by atoms with Gasteiger partial charge in [-0.1, -0.05) is 18.9 Å². The second kappa shape index (κ2) is 8.37. The SMILES string of the molecule is Cl.NCC(NS(=O)(=O)c1cccc(OC(F)(F)F)c1)C1CCCC1. The van der Waals surface area contributed by atoms with Gasteiger partial charge in [0.1, 0.15) is 5.75 Å². The summed E-state index contributed by atoms with van der Waals surface area (Å²) in [6.45, 7) is 0.142. The Morgan fingerprint density at radius 3 is 2.46 bits per heavy atom. The molecule has 1 aliphatic rings. The van der Waals surface area contributed by atoms with E-state index in [1.165, 1.54) is 12.1 Å². The molecule has 3 N–H and O–H groups in total. The highest BCUT2D eigenvalue weighted by Crippen LogP contribution is 2.29. The molecule has 138 valence electrons. The van der Waals surface area contributed by atoms with Crippen molar-refractivity contribution in [3.05, 3.63) is 24.3 Å². The van der Waals surface area contributed by atoms with Crippen LogP contribution < -0.4 is 15.2 Å². The van der Waals surface area contributed by atoms with Gasteiger partial charge >= 0.3 is 6.36 Å². The summed E-state index contributed by atoms with van der Waals surface area (Å²) < 4.78 is 67.7. The zero-order valence-corrected chi connectivity index (χ0v) is 14.4. The molecule has 1 saturated carbocycles. The molecule has 0 bridgehead atoms. The third-order valence-electron chi connectivity index (χ3n) is 3.88. The molecule has 1 fully saturated rings. The van der Waals surface area contributed by atoms with Crippen molar-refractivity contribution in [3.8, 4) is 5.75 Å². The zero-order valence-electron chi connectivity index (χ0n) is 12.8. The van der Waals surface area contributed by atoms with E-state index in [0.717, 1.165) is 37.8 Å². The molecule has 0 saturated heterocycles. The first-order chi connectivity index (χ1) is 10.7. The normalized spacial score (nSPS) is 17.3. The summed E-state index contributed by atoms with van der Waals surface area (Å²) in [6.07, 6.45) is -1.04. The Hall–Kier alpha value is -1.03. The summed E-state index contributed by atoms with van der Waals surface area (Å²) in [5.74, 6) is -0.421. The lowest BCUT2D eigenvalue weighted by Gasteiger charge is -2.23. The van der Waals surface area contributed by atoms with Crippen molar-refractivity contribution in [2.24, 2.45) is 11.7 Å². The summed E-state index contributed by atoms with van der Waals surface area (Å²) in [4.78, 5) is -0.282. The molecular weight excluding hydrogens is 369 g/mol. The summed E-state index contributed by atoms with van der Waals surface area (Å²) in [5.41, 5.74) is 5.65. The van der Waals surface area contributed by atoms with Crippen LogP contribution in [0.3, 0.4) is 0 Å². The number of nitrogens with two attached hydrogens (primary N) is 1. The molecule has 5 nitrogen and oxygen atoms in total. The van der Waals surface area contributed by atoms with E-state index >= 15 is 0 Å². The van der Waals surface area contributed by atoms with Crippen LogP contribution in [0.1, 0.15) is 25.7 Å². The second-order valence-corrected chi connectivity index (χ2v) is 7.24. The van der Waals surface area contributed by atoms with E-state index in [2.05, 4.69) is 9.46 Å². The van der Waals surface area contributed by atoms with Crippen molar-refractivity contribution in [3.63, 3.8) is 0 Å². The van der Waals surface area contributed by atoms with Crippen LogP contribution in [0.5, 0.6) is 5.75 Å². The second-order valence-electron chi connectivity index (χ2n) is 5.53. The van der Waals surface area contributed by atoms with Gasteiger partial charge in [0.2, 0.25) is 10.0 Å². The number of benzene rings is 1. The van der Waals surface area contributed by atoms with E-state index in [4.69, 9.17) is 5.73 Å². The number of halogens is 4. The van der Waals surface area contributed by atoms with E-state index < -0.39 is 28.2 Å². The van der Waals surface area contributed by atoms with Gasteiger partial charge < -0.3 is 10.5 Å². The number of alkyl halides is 3. The van der Waals surface area contributed by atoms with E-state index in [1.54, 1.807) is 0 Å². The number of sulfonamides is 1. The molecule has 0 amide bonds. The monoisotopic (exact) mass is 388 g/mol. The highest BCUT2D eigenvalue weighted by molar-refractivity contribution is 7.89. The molecule has 0 heterocycles. The summed E-state index contributed by atoms with van der Waals surface area (Å²) >= 11 is 0. The lowest BCUT2D eigenvalue weighted by molar-refractivity contribution is -0.274. The molecule has 0 aromatic heterocycles. The van der Waals surface area contributed by atoms with Crippen LogP contribution in [0.15, 0.2) is 29.2 Å². The largest absolute Gasteiger partial charge is 0.573 e.